The van der Waals surface area contributed by atoms with Crippen molar-refractivity contribution >= 4 is 5.97 Å². The minimum absolute atomic E-state index is 0.193. The average Bonchev–Trinajstić information content (AvgIpc) is 3.19. The first-order valence-electron chi connectivity index (χ1n) is 8.31. The molecule has 4 heteroatoms. The Morgan fingerprint density at radius 3 is 2.32 bits per heavy atom. The zero-order valence-electron chi connectivity index (χ0n) is 13.1. The Labute approximate surface area is 131 Å². The highest BCUT2D eigenvalue weighted by molar-refractivity contribution is 5.91. The molecule has 2 saturated carbocycles. The predicted molar refractivity (Wildman–Crippen MR) is 84.0 cm³/mol. The van der Waals surface area contributed by atoms with Crippen LogP contribution in [0, 0.1) is 0 Å². The summed E-state index contributed by atoms with van der Waals surface area (Å²) in [6.45, 7) is 0. The van der Waals surface area contributed by atoms with Crippen LogP contribution in [0.2, 0.25) is 0 Å². The third-order valence-electron chi connectivity index (χ3n) is 4.96. The highest BCUT2D eigenvalue weighted by atomic mass is 16.5. The van der Waals surface area contributed by atoms with Gasteiger partial charge in [-0.1, -0.05) is 12.8 Å². The Hall–Kier alpha value is -1.71. The smallest absolute Gasteiger partial charge is 0.336 e. The lowest BCUT2D eigenvalue weighted by molar-refractivity contribution is 0.0693. The van der Waals surface area contributed by atoms with E-state index in [-0.39, 0.29) is 12.0 Å². The van der Waals surface area contributed by atoms with Crippen LogP contribution in [0.3, 0.4) is 0 Å². The molecule has 0 heterocycles. The van der Waals surface area contributed by atoms with Crippen LogP contribution in [-0.2, 0) is 0 Å². The SMILES string of the molecule is COc1ccc(C(=O)O)c(C2CCCC2)c1OC1CCCC1. The van der Waals surface area contributed by atoms with Crippen molar-refractivity contribution in [3.8, 4) is 11.5 Å². The lowest BCUT2D eigenvalue weighted by atomic mass is 9.91. The van der Waals surface area contributed by atoms with Crippen molar-refractivity contribution in [1.29, 1.82) is 0 Å². The molecule has 22 heavy (non-hydrogen) atoms. The fourth-order valence-corrected chi connectivity index (χ4v) is 3.84. The van der Waals surface area contributed by atoms with E-state index in [9.17, 15) is 9.90 Å². The van der Waals surface area contributed by atoms with E-state index in [2.05, 4.69) is 0 Å². The molecule has 0 aliphatic heterocycles. The van der Waals surface area contributed by atoms with Crippen LogP contribution in [0.4, 0.5) is 0 Å². The molecule has 0 amide bonds. The first kappa shape index (κ1) is 15.2. The van der Waals surface area contributed by atoms with Gasteiger partial charge >= 0.3 is 5.97 Å². The van der Waals surface area contributed by atoms with E-state index in [1.807, 2.05) is 0 Å². The quantitative estimate of drug-likeness (QED) is 0.877. The Morgan fingerprint density at radius 2 is 1.73 bits per heavy atom. The van der Waals surface area contributed by atoms with E-state index in [1.54, 1.807) is 19.2 Å². The molecule has 3 rings (SSSR count). The lowest BCUT2D eigenvalue weighted by Crippen LogP contribution is -2.16. The molecule has 1 aromatic rings. The van der Waals surface area contributed by atoms with Gasteiger partial charge in [0.05, 0.1) is 18.8 Å². The Balaban J connectivity index is 2.04. The van der Waals surface area contributed by atoms with Gasteiger partial charge in [0.1, 0.15) is 0 Å². The van der Waals surface area contributed by atoms with Gasteiger partial charge < -0.3 is 14.6 Å². The molecule has 2 fully saturated rings. The van der Waals surface area contributed by atoms with Crippen LogP contribution in [0.15, 0.2) is 12.1 Å². The van der Waals surface area contributed by atoms with E-state index in [0.717, 1.165) is 44.1 Å². The molecule has 0 spiro atoms. The van der Waals surface area contributed by atoms with E-state index >= 15 is 0 Å². The molecule has 120 valence electrons. The zero-order valence-corrected chi connectivity index (χ0v) is 13.1. The van der Waals surface area contributed by atoms with Crippen LogP contribution in [0.25, 0.3) is 0 Å². The number of carbonyl (C=O) groups is 1. The number of rotatable bonds is 5. The summed E-state index contributed by atoms with van der Waals surface area (Å²) in [6.07, 6.45) is 9.04. The fourth-order valence-electron chi connectivity index (χ4n) is 3.84. The Morgan fingerprint density at radius 1 is 1.09 bits per heavy atom. The van der Waals surface area contributed by atoms with Crippen molar-refractivity contribution < 1.29 is 19.4 Å². The number of hydrogen-bond acceptors (Lipinski definition) is 3. The third-order valence-corrected chi connectivity index (χ3v) is 4.96. The molecule has 0 saturated heterocycles. The molecule has 1 N–H and O–H groups in total. The number of carboxylic acid groups (broad SMARTS) is 1. The molecule has 0 unspecified atom stereocenters. The highest BCUT2D eigenvalue weighted by Crippen LogP contribution is 2.46. The van der Waals surface area contributed by atoms with Crippen LogP contribution >= 0.6 is 0 Å². The maximum Gasteiger partial charge on any atom is 0.336 e. The number of ether oxygens (including phenoxy) is 2. The molecule has 0 radical (unpaired) electrons. The molecule has 1 aromatic carbocycles. The highest BCUT2D eigenvalue weighted by Gasteiger charge is 2.30. The molecular weight excluding hydrogens is 280 g/mol. The maximum absolute atomic E-state index is 11.7. The summed E-state index contributed by atoms with van der Waals surface area (Å²) in [6, 6.07) is 3.39. The second-order valence-electron chi connectivity index (χ2n) is 6.37. The molecule has 0 bridgehead atoms. The molecular formula is C18H24O4. The van der Waals surface area contributed by atoms with E-state index < -0.39 is 5.97 Å². The van der Waals surface area contributed by atoms with Gasteiger partial charge in [-0.3, -0.25) is 0 Å². The van der Waals surface area contributed by atoms with Crippen LogP contribution in [0.5, 0.6) is 11.5 Å². The van der Waals surface area contributed by atoms with Crippen molar-refractivity contribution in [3.05, 3.63) is 23.3 Å². The van der Waals surface area contributed by atoms with Crippen molar-refractivity contribution in [1.82, 2.24) is 0 Å². The third kappa shape index (κ3) is 2.92. The van der Waals surface area contributed by atoms with Gasteiger partial charge in [0.25, 0.3) is 0 Å². The van der Waals surface area contributed by atoms with Gasteiger partial charge in [0.15, 0.2) is 11.5 Å². The summed E-state index contributed by atoms with van der Waals surface area (Å²) >= 11 is 0. The molecule has 0 atom stereocenters. The molecule has 0 aromatic heterocycles. The van der Waals surface area contributed by atoms with Crippen molar-refractivity contribution in [3.63, 3.8) is 0 Å². The van der Waals surface area contributed by atoms with Gasteiger partial charge in [0.2, 0.25) is 0 Å². The number of carboxylic acids is 1. The van der Waals surface area contributed by atoms with Crippen LogP contribution < -0.4 is 9.47 Å². The van der Waals surface area contributed by atoms with Crippen molar-refractivity contribution in [2.24, 2.45) is 0 Å². The second-order valence-corrected chi connectivity index (χ2v) is 6.37. The summed E-state index contributed by atoms with van der Waals surface area (Å²) in [5.74, 6) is 0.749. The minimum atomic E-state index is -0.874. The standard InChI is InChI=1S/C18H24O4/c1-21-15-11-10-14(18(19)20)16(12-6-2-3-7-12)17(15)22-13-8-4-5-9-13/h10-13H,2-9H2,1H3,(H,19,20). The first-order valence-corrected chi connectivity index (χ1v) is 8.31. The van der Waals surface area contributed by atoms with Crippen LogP contribution in [0.1, 0.15) is 73.2 Å². The van der Waals surface area contributed by atoms with E-state index in [0.29, 0.717) is 17.1 Å². The lowest BCUT2D eigenvalue weighted by Gasteiger charge is -2.23. The number of aromatic carboxylic acids is 1. The number of hydrogen-bond donors (Lipinski definition) is 1. The van der Waals surface area contributed by atoms with Gasteiger partial charge in [-0.15, -0.1) is 0 Å². The fraction of sp³-hybridized carbons (Fsp3) is 0.611. The van der Waals surface area contributed by atoms with Crippen LogP contribution in [-0.4, -0.2) is 24.3 Å². The van der Waals surface area contributed by atoms with Crippen molar-refractivity contribution in [2.45, 2.75) is 63.4 Å². The van der Waals surface area contributed by atoms with Gasteiger partial charge in [-0.05, 0) is 56.6 Å². The van der Waals surface area contributed by atoms with Gasteiger partial charge in [-0.2, -0.15) is 0 Å². The second kappa shape index (κ2) is 6.59. The summed E-state index contributed by atoms with van der Waals surface area (Å²) in [5.41, 5.74) is 1.23. The molecule has 2 aliphatic carbocycles. The number of benzene rings is 1. The van der Waals surface area contributed by atoms with E-state index in [4.69, 9.17) is 9.47 Å². The number of methoxy groups -OCH3 is 1. The summed E-state index contributed by atoms with van der Waals surface area (Å²) in [5, 5.41) is 9.58. The zero-order chi connectivity index (χ0) is 15.5. The van der Waals surface area contributed by atoms with Gasteiger partial charge in [0, 0.05) is 5.56 Å². The topological polar surface area (TPSA) is 55.8 Å². The normalized spacial score (nSPS) is 19.5. The van der Waals surface area contributed by atoms with Gasteiger partial charge in [-0.25, -0.2) is 4.79 Å². The van der Waals surface area contributed by atoms with Crippen molar-refractivity contribution in [2.75, 3.05) is 7.11 Å². The minimum Gasteiger partial charge on any atom is -0.493 e. The molecule has 4 nitrogen and oxygen atoms in total. The van der Waals surface area contributed by atoms with E-state index in [1.165, 1.54) is 12.8 Å². The summed E-state index contributed by atoms with van der Waals surface area (Å²) < 4.78 is 11.7. The largest absolute Gasteiger partial charge is 0.493 e. The summed E-state index contributed by atoms with van der Waals surface area (Å²) in [4.78, 5) is 11.7. The predicted octanol–water partition coefficient (Wildman–Crippen LogP) is 4.37. The first-order chi connectivity index (χ1) is 10.7. The maximum atomic E-state index is 11.7. The summed E-state index contributed by atoms with van der Waals surface area (Å²) in [7, 11) is 1.62. The Bertz CT molecular complexity index is 540. The average molecular weight is 304 g/mol. The monoisotopic (exact) mass is 304 g/mol. The Kier molecular flexibility index (Phi) is 4.55. The molecule has 2 aliphatic rings.